The van der Waals surface area contributed by atoms with Crippen LogP contribution in [0.3, 0.4) is 0 Å². The van der Waals surface area contributed by atoms with E-state index in [-0.39, 0.29) is 18.2 Å². The van der Waals surface area contributed by atoms with Gasteiger partial charge in [0.25, 0.3) is 5.92 Å². The summed E-state index contributed by atoms with van der Waals surface area (Å²) in [6, 6.07) is 7.91. The van der Waals surface area contributed by atoms with Crippen LogP contribution in [-0.2, 0) is 10.7 Å². The zero-order chi connectivity index (χ0) is 13.0. The fourth-order valence-corrected chi connectivity index (χ4v) is 2.26. The molecule has 0 aliphatic carbocycles. The Morgan fingerprint density at radius 2 is 2.06 bits per heavy atom. The summed E-state index contributed by atoms with van der Waals surface area (Å²) in [6.07, 6.45) is -0.146. The Morgan fingerprint density at radius 3 is 2.72 bits per heavy atom. The van der Waals surface area contributed by atoms with Gasteiger partial charge in [0, 0.05) is 24.5 Å². The monoisotopic (exact) mass is 275 g/mol. The normalized spacial score (nSPS) is 22.1. The molecule has 0 bridgehead atoms. The van der Waals surface area contributed by atoms with Crippen molar-refractivity contribution in [3.05, 3.63) is 35.9 Å². The van der Waals surface area contributed by atoms with Crippen LogP contribution in [0.15, 0.2) is 30.3 Å². The van der Waals surface area contributed by atoms with Crippen LogP contribution in [-0.4, -0.2) is 43.1 Å². The zero-order valence-corrected chi connectivity index (χ0v) is 10.7. The van der Waals surface area contributed by atoms with Crippen LogP contribution >= 0.6 is 11.6 Å². The average Bonchev–Trinajstić information content (AvgIpc) is 2.39. The molecule has 0 saturated carbocycles. The van der Waals surface area contributed by atoms with Crippen molar-refractivity contribution in [1.82, 2.24) is 4.90 Å². The minimum absolute atomic E-state index is 0.0546. The lowest BCUT2D eigenvalue weighted by Gasteiger charge is -2.34. The molecular formula is C13H16ClF2NO. The number of hydrogen-bond acceptors (Lipinski definition) is 2. The number of ether oxygens (including phenoxy) is 1. The maximum atomic E-state index is 14.1. The van der Waals surface area contributed by atoms with Crippen LogP contribution in [0.5, 0.6) is 0 Å². The molecule has 0 aromatic heterocycles. The lowest BCUT2D eigenvalue weighted by molar-refractivity contribution is -0.0790. The molecule has 1 fully saturated rings. The van der Waals surface area contributed by atoms with E-state index in [4.69, 9.17) is 16.3 Å². The van der Waals surface area contributed by atoms with E-state index in [2.05, 4.69) is 0 Å². The molecule has 0 amide bonds. The van der Waals surface area contributed by atoms with Gasteiger partial charge in [0.2, 0.25) is 0 Å². The Kier molecular flexibility index (Phi) is 4.54. The third-order valence-corrected chi connectivity index (χ3v) is 3.36. The molecule has 1 aromatic rings. The summed E-state index contributed by atoms with van der Waals surface area (Å²) in [5, 5.41) is 0. The molecule has 0 spiro atoms. The zero-order valence-electron chi connectivity index (χ0n) is 9.99. The number of halogens is 3. The number of rotatable bonds is 4. The molecule has 2 rings (SSSR count). The first kappa shape index (κ1) is 13.7. The summed E-state index contributed by atoms with van der Waals surface area (Å²) in [6.45, 7) is 1.16. The molecule has 18 heavy (non-hydrogen) atoms. The van der Waals surface area contributed by atoms with Crippen molar-refractivity contribution in [3.8, 4) is 0 Å². The van der Waals surface area contributed by atoms with Gasteiger partial charge in [0.1, 0.15) is 0 Å². The molecular weight excluding hydrogens is 260 g/mol. The van der Waals surface area contributed by atoms with E-state index in [0.717, 1.165) is 0 Å². The van der Waals surface area contributed by atoms with Crippen LogP contribution < -0.4 is 0 Å². The average molecular weight is 276 g/mol. The number of hydrogen-bond donors (Lipinski definition) is 0. The molecule has 100 valence electrons. The highest BCUT2D eigenvalue weighted by Crippen LogP contribution is 2.29. The highest BCUT2D eigenvalue weighted by atomic mass is 35.5. The fraction of sp³-hybridized carbons (Fsp3) is 0.538. The predicted molar refractivity (Wildman–Crippen MR) is 67.2 cm³/mol. The van der Waals surface area contributed by atoms with Crippen LogP contribution in [0.4, 0.5) is 8.78 Å². The Labute approximate surface area is 110 Å². The second kappa shape index (κ2) is 5.95. The molecule has 5 heteroatoms. The van der Waals surface area contributed by atoms with Gasteiger partial charge in [0.05, 0.1) is 19.3 Å². The van der Waals surface area contributed by atoms with Gasteiger partial charge in [-0.1, -0.05) is 30.3 Å². The molecule has 0 radical (unpaired) electrons. The van der Waals surface area contributed by atoms with E-state index < -0.39 is 5.92 Å². The largest absolute Gasteiger partial charge is 0.374 e. The Bertz CT molecular complexity index is 375. The van der Waals surface area contributed by atoms with Gasteiger partial charge >= 0.3 is 0 Å². The van der Waals surface area contributed by atoms with E-state index >= 15 is 0 Å². The van der Waals surface area contributed by atoms with Crippen molar-refractivity contribution in [3.63, 3.8) is 0 Å². The molecule has 1 aliphatic rings. The van der Waals surface area contributed by atoms with E-state index in [0.29, 0.717) is 25.6 Å². The summed E-state index contributed by atoms with van der Waals surface area (Å²) in [5.41, 5.74) is 0.0546. The molecule has 1 aliphatic heterocycles. The van der Waals surface area contributed by atoms with E-state index in [1.54, 1.807) is 23.1 Å². The first-order chi connectivity index (χ1) is 8.62. The maximum Gasteiger partial charge on any atom is 0.285 e. The summed E-state index contributed by atoms with van der Waals surface area (Å²) >= 11 is 5.69. The van der Waals surface area contributed by atoms with Gasteiger partial charge in [-0.2, -0.15) is 8.78 Å². The van der Waals surface area contributed by atoms with Crippen molar-refractivity contribution in [2.45, 2.75) is 12.0 Å². The molecule has 1 heterocycles. The summed E-state index contributed by atoms with van der Waals surface area (Å²) < 4.78 is 33.5. The summed E-state index contributed by atoms with van der Waals surface area (Å²) in [7, 11) is 0. The Balaban J connectivity index is 1.99. The van der Waals surface area contributed by atoms with Gasteiger partial charge in [-0.3, -0.25) is 4.90 Å². The maximum absolute atomic E-state index is 14.1. The van der Waals surface area contributed by atoms with E-state index in [9.17, 15) is 8.78 Å². The summed E-state index contributed by atoms with van der Waals surface area (Å²) in [5.74, 6) is -2.50. The van der Waals surface area contributed by atoms with Gasteiger partial charge in [-0.15, -0.1) is 11.6 Å². The summed E-state index contributed by atoms with van der Waals surface area (Å²) in [4.78, 5) is 1.71. The standard InChI is InChI=1S/C13H16ClF2NO/c14-8-12-9-17(6-7-18-12)10-13(15,16)11-4-2-1-3-5-11/h1-5,12H,6-10H2. The number of morpholine rings is 1. The van der Waals surface area contributed by atoms with Crippen molar-refractivity contribution < 1.29 is 13.5 Å². The van der Waals surface area contributed by atoms with Gasteiger partial charge in [-0.05, 0) is 0 Å². The van der Waals surface area contributed by atoms with Crippen molar-refractivity contribution in [1.29, 1.82) is 0 Å². The number of benzene rings is 1. The fourth-order valence-electron chi connectivity index (χ4n) is 2.07. The van der Waals surface area contributed by atoms with Crippen LogP contribution in [0.25, 0.3) is 0 Å². The molecule has 1 atom stereocenters. The molecule has 1 aromatic carbocycles. The molecule has 1 unspecified atom stereocenters. The minimum Gasteiger partial charge on any atom is -0.374 e. The second-order valence-electron chi connectivity index (χ2n) is 4.45. The SMILES string of the molecule is FC(F)(CN1CCOC(CCl)C1)c1ccccc1. The highest BCUT2D eigenvalue weighted by molar-refractivity contribution is 6.18. The molecule has 1 saturated heterocycles. The van der Waals surface area contributed by atoms with Gasteiger partial charge < -0.3 is 4.74 Å². The smallest absolute Gasteiger partial charge is 0.285 e. The van der Waals surface area contributed by atoms with Gasteiger partial charge in [-0.25, -0.2) is 0 Å². The van der Waals surface area contributed by atoms with Crippen molar-refractivity contribution >= 4 is 11.6 Å². The highest BCUT2D eigenvalue weighted by Gasteiger charge is 2.35. The lowest BCUT2D eigenvalue weighted by atomic mass is 10.1. The third-order valence-electron chi connectivity index (χ3n) is 3.01. The minimum atomic E-state index is -2.84. The number of nitrogens with zero attached hydrogens (tertiary/aromatic N) is 1. The molecule has 2 nitrogen and oxygen atoms in total. The topological polar surface area (TPSA) is 12.5 Å². The lowest BCUT2D eigenvalue weighted by Crippen LogP contribution is -2.47. The van der Waals surface area contributed by atoms with Crippen molar-refractivity contribution in [2.75, 3.05) is 32.1 Å². The Morgan fingerprint density at radius 1 is 1.33 bits per heavy atom. The first-order valence-corrected chi connectivity index (χ1v) is 6.48. The van der Waals surface area contributed by atoms with Crippen molar-refractivity contribution in [2.24, 2.45) is 0 Å². The Hall–Kier alpha value is -0.710. The van der Waals surface area contributed by atoms with Crippen LogP contribution in [0, 0.1) is 0 Å². The quantitative estimate of drug-likeness (QED) is 0.784. The number of alkyl halides is 3. The van der Waals surface area contributed by atoms with Crippen LogP contribution in [0.1, 0.15) is 5.56 Å². The molecule has 0 N–H and O–H groups in total. The second-order valence-corrected chi connectivity index (χ2v) is 4.76. The van der Waals surface area contributed by atoms with Gasteiger partial charge in [0.15, 0.2) is 0 Å². The van der Waals surface area contributed by atoms with E-state index in [1.807, 2.05) is 0 Å². The van der Waals surface area contributed by atoms with E-state index in [1.165, 1.54) is 12.1 Å². The third kappa shape index (κ3) is 3.40. The first-order valence-electron chi connectivity index (χ1n) is 5.95. The predicted octanol–water partition coefficient (Wildman–Crippen LogP) is 2.72. The van der Waals surface area contributed by atoms with Crippen LogP contribution in [0.2, 0.25) is 0 Å².